The summed E-state index contributed by atoms with van der Waals surface area (Å²) >= 11 is 0. The van der Waals surface area contributed by atoms with E-state index in [1.165, 1.54) is 6.20 Å². The highest BCUT2D eigenvalue weighted by molar-refractivity contribution is 5.74. The molecule has 0 aliphatic carbocycles. The van der Waals surface area contributed by atoms with Crippen LogP contribution in [0.2, 0.25) is 0 Å². The number of anilines is 5. The summed E-state index contributed by atoms with van der Waals surface area (Å²) in [7, 11) is 1.91. The second kappa shape index (κ2) is 7.97. The van der Waals surface area contributed by atoms with E-state index in [9.17, 15) is 10.4 Å². The molecule has 29 heavy (non-hydrogen) atoms. The smallest absolute Gasteiger partial charge is 0.229 e. The van der Waals surface area contributed by atoms with E-state index in [0.717, 1.165) is 17.1 Å². The number of aryl methyl sites for hydroxylation is 1. The van der Waals surface area contributed by atoms with Crippen molar-refractivity contribution >= 4 is 28.8 Å². The van der Waals surface area contributed by atoms with Crippen molar-refractivity contribution in [1.82, 2.24) is 19.5 Å². The minimum absolute atomic E-state index is 0.106. The van der Waals surface area contributed by atoms with Crippen molar-refractivity contribution < 1.29 is 5.21 Å². The minimum Gasteiger partial charge on any atom is -0.733 e. The van der Waals surface area contributed by atoms with Gasteiger partial charge in [0.05, 0.1) is 6.20 Å². The number of rotatable bonds is 6. The highest BCUT2D eigenvalue weighted by Crippen LogP contribution is 2.29. The number of hydrogen-bond acceptors (Lipinski definition) is 8. The SMILES string of the molecule is Cn1ccnc1-c1cccc(Nc2nc(Nc3ccccc3)ncc2N([O-])O)c1. The molecule has 9 heteroatoms. The largest absolute Gasteiger partial charge is 0.733 e. The molecule has 0 saturated carbocycles. The van der Waals surface area contributed by atoms with Crippen LogP contribution in [0.3, 0.4) is 0 Å². The van der Waals surface area contributed by atoms with Gasteiger partial charge in [-0.25, -0.2) is 9.97 Å². The van der Waals surface area contributed by atoms with Gasteiger partial charge in [-0.1, -0.05) is 30.3 Å². The first-order valence-corrected chi connectivity index (χ1v) is 8.80. The normalized spacial score (nSPS) is 10.6. The van der Waals surface area contributed by atoms with E-state index in [1.807, 2.05) is 72.4 Å². The fourth-order valence-electron chi connectivity index (χ4n) is 2.83. The van der Waals surface area contributed by atoms with Gasteiger partial charge < -0.3 is 25.6 Å². The molecule has 0 unspecified atom stereocenters. The topological polar surface area (TPSA) is 114 Å². The van der Waals surface area contributed by atoms with Gasteiger partial charge in [0.2, 0.25) is 5.95 Å². The van der Waals surface area contributed by atoms with Crippen molar-refractivity contribution in [3.63, 3.8) is 0 Å². The number of nitrogens with zero attached hydrogens (tertiary/aromatic N) is 5. The predicted molar refractivity (Wildman–Crippen MR) is 111 cm³/mol. The number of aromatic nitrogens is 4. The van der Waals surface area contributed by atoms with Gasteiger partial charge >= 0.3 is 0 Å². The Hall–Kier alpha value is -3.95. The second-order valence-corrected chi connectivity index (χ2v) is 6.26. The Morgan fingerprint density at radius 2 is 1.79 bits per heavy atom. The Balaban J connectivity index is 1.65. The summed E-state index contributed by atoms with van der Waals surface area (Å²) in [4.78, 5) is 12.8. The zero-order valence-electron chi connectivity index (χ0n) is 15.5. The third-order valence-corrected chi connectivity index (χ3v) is 4.21. The van der Waals surface area contributed by atoms with E-state index in [2.05, 4.69) is 25.6 Å². The van der Waals surface area contributed by atoms with Crippen LogP contribution >= 0.6 is 0 Å². The zero-order chi connectivity index (χ0) is 20.2. The monoisotopic (exact) mass is 388 g/mol. The number of para-hydroxylation sites is 1. The van der Waals surface area contributed by atoms with Crippen LogP contribution in [-0.2, 0) is 7.05 Å². The fourth-order valence-corrected chi connectivity index (χ4v) is 2.83. The summed E-state index contributed by atoms with van der Waals surface area (Å²) < 4.78 is 1.91. The van der Waals surface area contributed by atoms with Crippen LogP contribution in [-0.4, -0.2) is 24.7 Å². The molecule has 0 bridgehead atoms. The maximum absolute atomic E-state index is 11.5. The van der Waals surface area contributed by atoms with Crippen molar-refractivity contribution in [2.75, 3.05) is 15.9 Å². The molecular formula is C20H18N7O2-. The molecule has 0 atom stereocenters. The molecule has 0 aliphatic rings. The predicted octanol–water partition coefficient (Wildman–Crippen LogP) is 4.06. The van der Waals surface area contributed by atoms with E-state index < -0.39 is 0 Å². The van der Waals surface area contributed by atoms with Crippen molar-refractivity contribution in [3.8, 4) is 11.4 Å². The molecule has 4 aromatic rings. The average Bonchev–Trinajstić information content (AvgIpc) is 3.15. The maximum Gasteiger partial charge on any atom is 0.229 e. The van der Waals surface area contributed by atoms with Crippen LogP contribution < -0.4 is 15.9 Å². The summed E-state index contributed by atoms with van der Waals surface area (Å²) in [6, 6.07) is 16.9. The number of imidazole rings is 1. The molecule has 2 aromatic heterocycles. The summed E-state index contributed by atoms with van der Waals surface area (Å²) in [6.07, 6.45) is 4.83. The molecule has 146 valence electrons. The summed E-state index contributed by atoms with van der Waals surface area (Å²) in [6.45, 7) is 0. The van der Waals surface area contributed by atoms with E-state index in [-0.39, 0.29) is 22.7 Å². The molecule has 0 amide bonds. The fraction of sp³-hybridized carbons (Fsp3) is 0.0500. The molecule has 0 spiro atoms. The Morgan fingerprint density at radius 1 is 1.00 bits per heavy atom. The molecule has 2 aromatic carbocycles. The van der Waals surface area contributed by atoms with Crippen LogP contribution in [0.15, 0.2) is 73.2 Å². The van der Waals surface area contributed by atoms with Gasteiger partial charge in [-0.15, -0.1) is 0 Å². The second-order valence-electron chi connectivity index (χ2n) is 6.26. The molecule has 3 N–H and O–H groups in total. The summed E-state index contributed by atoms with van der Waals surface area (Å²) in [5.41, 5.74) is 2.26. The summed E-state index contributed by atoms with van der Waals surface area (Å²) in [5, 5.41) is 26.8. The van der Waals surface area contributed by atoms with E-state index >= 15 is 0 Å². The zero-order valence-corrected chi connectivity index (χ0v) is 15.5. The third kappa shape index (κ3) is 4.15. The summed E-state index contributed by atoms with van der Waals surface area (Å²) in [5.74, 6) is 1.24. The van der Waals surface area contributed by atoms with Crippen molar-refractivity contribution in [1.29, 1.82) is 0 Å². The number of nitrogens with one attached hydrogen (secondary N) is 2. The van der Waals surface area contributed by atoms with Gasteiger partial charge in [-0.2, -0.15) is 4.98 Å². The maximum atomic E-state index is 11.5. The Morgan fingerprint density at radius 3 is 2.52 bits per heavy atom. The highest BCUT2D eigenvalue weighted by atomic mass is 16.8. The molecule has 2 heterocycles. The molecular weight excluding hydrogens is 370 g/mol. The lowest BCUT2D eigenvalue weighted by Gasteiger charge is -2.24. The lowest BCUT2D eigenvalue weighted by atomic mass is 10.2. The van der Waals surface area contributed by atoms with E-state index in [0.29, 0.717) is 5.69 Å². The van der Waals surface area contributed by atoms with Crippen molar-refractivity contribution in [2.45, 2.75) is 0 Å². The van der Waals surface area contributed by atoms with Crippen LogP contribution in [0.25, 0.3) is 11.4 Å². The van der Waals surface area contributed by atoms with Gasteiger partial charge in [0.25, 0.3) is 0 Å². The number of benzene rings is 2. The van der Waals surface area contributed by atoms with Crippen molar-refractivity contribution in [2.24, 2.45) is 7.05 Å². The number of hydrogen-bond donors (Lipinski definition) is 3. The Labute approximate surface area is 166 Å². The van der Waals surface area contributed by atoms with Crippen molar-refractivity contribution in [3.05, 3.63) is 78.4 Å². The van der Waals surface area contributed by atoms with Crippen LogP contribution in [0.4, 0.5) is 28.8 Å². The standard InChI is InChI=1S/C20H18N7O2/c1-26-11-10-21-19(26)14-6-5-9-16(12-14)23-18-17(27(28)29)13-22-20(25-18)24-15-7-3-2-4-8-15/h2-13,28H,1H3,(H2,22,23,24,25)/q-1. The Kier molecular flexibility index (Phi) is 5.06. The average molecular weight is 388 g/mol. The van der Waals surface area contributed by atoms with Crippen LogP contribution in [0.1, 0.15) is 0 Å². The first-order chi connectivity index (χ1) is 14.1. The highest BCUT2D eigenvalue weighted by Gasteiger charge is 2.11. The molecule has 9 nitrogen and oxygen atoms in total. The van der Waals surface area contributed by atoms with Gasteiger partial charge in [0.1, 0.15) is 11.5 Å². The van der Waals surface area contributed by atoms with Gasteiger partial charge in [0.15, 0.2) is 5.82 Å². The Bertz CT molecular complexity index is 1110. The first kappa shape index (κ1) is 18.4. The minimum atomic E-state index is -0.267. The third-order valence-electron chi connectivity index (χ3n) is 4.21. The lowest BCUT2D eigenvalue weighted by Crippen LogP contribution is -2.12. The molecule has 0 fully saturated rings. The van der Waals surface area contributed by atoms with E-state index in [4.69, 9.17) is 0 Å². The quantitative estimate of drug-likeness (QED) is 0.424. The lowest BCUT2D eigenvalue weighted by molar-refractivity contribution is 0.296. The molecule has 0 aliphatic heterocycles. The van der Waals surface area contributed by atoms with Crippen LogP contribution in [0.5, 0.6) is 0 Å². The van der Waals surface area contributed by atoms with Gasteiger partial charge in [-0.3, -0.25) is 5.21 Å². The van der Waals surface area contributed by atoms with Crippen LogP contribution in [0, 0.1) is 5.21 Å². The molecule has 4 rings (SSSR count). The molecule has 0 saturated heterocycles. The van der Waals surface area contributed by atoms with E-state index in [1.54, 1.807) is 6.20 Å². The van der Waals surface area contributed by atoms with Gasteiger partial charge in [-0.05, 0) is 24.3 Å². The van der Waals surface area contributed by atoms with Gasteiger partial charge in [0, 0.05) is 36.4 Å². The first-order valence-electron chi connectivity index (χ1n) is 8.80. The molecule has 0 radical (unpaired) electrons.